The first-order valence-electron chi connectivity index (χ1n) is 7.23. The molecule has 0 aliphatic carbocycles. The highest BCUT2D eigenvalue weighted by Gasteiger charge is 2.19. The molecule has 1 aliphatic rings. The standard InChI is InChI=1S/C17H19BrOS2/c1-11(2)19-14-5-3-12(4-6-14)17(18)16-9-13-10-20-8-7-15(13)21-16/h3-6,9,11,17H,7-8,10H2,1-2H3. The smallest absolute Gasteiger partial charge is 0.119 e. The van der Waals surface area contributed by atoms with E-state index in [0.29, 0.717) is 0 Å². The van der Waals surface area contributed by atoms with Crippen molar-refractivity contribution in [2.24, 2.45) is 0 Å². The number of aryl methyl sites for hydroxylation is 1. The van der Waals surface area contributed by atoms with Gasteiger partial charge in [-0.2, -0.15) is 11.8 Å². The molecule has 112 valence electrons. The summed E-state index contributed by atoms with van der Waals surface area (Å²) in [6.07, 6.45) is 1.45. The highest BCUT2D eigenvalue weighted by atomic mass is 79.9. The summed E-state index contributed by atoms with van der Waals surface area (Å²) < 4.78 is 5.71. The predicted molar refractivity (Wildman–Crippen MR) is 97.2 cm³/mol. The third-order valence-electron chi connectivity index (χ3n) is 3.44. The number of ether oxygens (including phenoxy) is 1. The predicted octanol–water partition coefficient (Wildman–Crippen LogP) is 5.81. The van der Waals surface area contributed by atoms with Crippen LogP contribution < -0.4 is 4.74 Å². The molecule has 0 fully saturated rings. The van der Waals surface area contributed by atoms with Gasteiger partial charge in [0.1, 0.15) is 5.75 Å². The summed E-state index contributed by atoms with van der Waals surface area (Å²) in [6.45, 7) is 4.10. The Morgan fingerprint density at radius 2 is 1.95 bits per heavy atom. The Labute approximate surface area is 143 Å². The van der Waals surface area contributed by atoms with Crippen LogP contribution in [0.15, 0.2) is 30.3 Å². The van der Waals surface area contributed by atoms with Crippen molar-refractivity contribution in [3.8, 4) is 5.75 Å². The van der Waals surface area contributed by atoms with Gasteiger partial charge in [0.2, 0.25) is 0 Å². The minimum absolute atomic E-state index is 0.220. The van der Waals surface area contributed by atoms with Gasteiger partial charge in [0.15, 0.2) is 0 Å². The molecule has 4 heteroatoms. The zero-order valence-electron chi connectivity index (χ0n) is 12.3. The number of benzene rings is 1. The Balaban J connectivity index is 1.78. The van der Waals surface area contributed by atoms with E-state index < -0.39 is 0 Å². The van der Waals surface area contributed by atoms with Gasteiger partial charge in [-0.3, -0.25) is 0 Å². The van der Waals surface area contributed by atoms with Crippen molar-refractivity contribution in [1.29, 1.82) is 0 Å². The van der Waals surface area contributed by atoms with E-state index in [-0.39, 0.29) is 10.9 Å². The topological polar surface area (TPSA) is 9.23 Å². The molecule has 3 rings (SSSR count). The molecule has 1 aliphatic heterocycles. The third kappa shape index (κ3) is 3.66. The average Bonchev–Trinajstić information content (AvgIpc) is 2.90. The van der Waals surface area contributed by atoms with Crippen LogP contribution >= 0.6 is 39.0 Å². The fourth-order valence-electron chi connectivity index (χ4n) is 2.45. The largest absolute Gasteiger partial charge is 0.491 e. The van der Waals surface area contributed by atoms with Crippen molar-refractivity contribution in [3.05, 3.63) is 51.2 Å². The normalized spacial score (nSPS) is 15.8. The molecular formula is C17H19BrOS2. The second-order valence-corrected chi connectivity index (χ2v) is 8.69. The lowest BCUT2D eigenvalue weighted by atomic mass is 10.1. The minimum atomic E-state index is 0.220. The van der Waals surface area contributed by atoms with Crippen LogP contribution in [0.25, 0.3) is 0 Å². The molecule has 0 saturated heterocycles. The molecule has 1 aromatic heterocycles. The van der Waals surface area contributed by atoms with Gasteiger partial charge in [-0.1, -0.05) is 28.1 Å². The lowest BCUT2D eigenvalue weighted by molar-refractivity contribution is 0.242. The number of fused-ring (bicyclic) bond motifs is 1. The van der Waals surface area contributed by atoms with Crippen molar-refractivity contribution < 1.29 is 4.74 Å². The maximum Gasteiger partial charge on any atom is 0.119 e. The molecule has 0 radical (unpaired) electrons. The van der Waals surface area contributed by atoms with Gasteiger partial charge < -0.3 is 4.74 Å². The summed E-state index contributed by atoms with van der Waals surface area (Å²) in [5, 5.41) is 0. The minimum Gasteiger partial charge on any atom is -0.491 e. The molecule has 1 aromatic carbocycles. The van der Waals surface area contributed by atoms with Crippen LogP contribution in [0.2, 0.25) is 0 Å². The van der Waals surface area contributed by atoms with Crippen LogP contribution in [-0.2, 0) is 12.2 Å². The monoisotopic (exact) mass is 382 g/mol. The second-order valence-electron chi connectivity index (χ2n) is 5.50. The number of hydrogen-bond donors (Lipinski definition) is 0. The van der Waals surface area contributed by atoms with Gasteiger partial charge in [-0.15, -0.1) is 11.3 Å². The number of hydrogen-bond acceptors (Lipinski definition) is 3. The number of alkyl halides is 1. The van der Waals surface area contributed by atoms with Gasteiger partial charge in [-0.25, -0.2) is 0 Å². The van der Waals surface area contributed by atoms with Crippen LogP contribution in [0.5, 0.6) is 5.75 Å². The highest BCUT2D eigenvalue weighted by Crippen LogP contribution is 2.40. The van der Waals surface area contributed by atoms with E-state index in [1.165, 1.54) is 33.9 Å². The van der Waals surface area contributed by atoms with E-state index >= 15 is 0 Å². The SMILES string of the molecule is CC(C)Oc1ccc(C(Br)c2cc3c(s2)CCSC3)cc1. The Bertz CT molecular complexity index is 580. The first-order valence-corrected chi connectivity index (χ1v) is 10.1. The molecule has 0 amide bonds. The number of thiophene rings is 1. The Morgan fingerprint density at radius 1 is 1.19 bits per heavy atom. The van der Waals surface area contributed by atoms with Crippen molar-refractivity contribution in [1.82, 2.24) is 0 Å². The molecule has 2 aromatic rings. The van der Waals surface area contributed by atoms with E-state index in [0.717, 1.165) is 5.75 Å². The summed E-state index contributed by atoms with van der Waals surface area (Å²) in [7, 11) is 0. The molecule has 1 atom stereocenters. The van der Waals surface area contributed by atoms with Gasteiger partial charge in [0.25, 0.3) is 0 Å². The summed E-state index contributed by atoms with van der Waals surface area (Å²) in [6, 6.07) is 10.8. The number of halogens is 1. The van der Waals surface area contributed by atoms with Crippen LogP contribution in [0.1, 0.15) is 39.6 Å². The van der Waals surface area contributed by atoms with E-state index in [2.05, 4.69) is 60.1 Å². The van der Waals surface area contributed by atoms with E-state index in [4.69, 9.17) is 4.74 Å². The van der Waals surface area contributed by atoms with Crippen molar-refractivity contribution in [2.75, 3.05) is 5.75 Å². The first kappa shape index (κ1) is 15.4. The lowest BCUT2D eigenvalue weighted by Gasteiger charge is -2.12. The summed E-state index contributed by atoms with van der Waals surface area (Å²) >= 11 is 7.86. The summed E-state index contributed by atoms with van der Waals surface area (Å²) in [4.78, 5) is 3.28. The molecular weight excluding hydrogens is 364 g/mol. The third-order valence-corrected chi connectivity index (χ3v) is 7.08. The Hall–Kier alpha value is -0.450. The molecule has 1 unspecified atom stereocenters. The van der Waals surface area contributed by atoms with Gasteiger partial charge in [0.05, 0.1) is 10.9 Å². The molecule has 0 bridgehead atoms. The molecule has 2 heterocycles. The zero-order valence-corrected chi connectivity index (χ0v) is 15.5. The van der Waals surface area contributed by atoms with E-state index in [1.54, 1.807) is 4.88 Å². The van der Waals surface area contributed by atoms with Crippen molar-refractivity contribution >= 4 is 39.0 Å². The number of rotatable bonds is 4. The molecule has 0 saturated carbocycles. The molecule has 0 spiro atoms. The van der Waals surface area contributed by atoms with Gasteiger partial charge in [-0.05, 0) is 55.3 Å². The Kier molecular flexibility index (Phi) is 4.97. The first-order chi connectivity index (χ1) is 10.1. The van der Waals surface area contributed by atoms with Crippen molar-refractivity contribution in [2.45, 2.75) is 37.0 Å². The van der Waals surface area contributed by atoms with Crippen LogP contribution in [0.4, 0.5) is 0 Å². The Morgan fingerprint density at radius 3 is 2.62 bits per heavy atom. The lowest BCUT2D eigenvalue weighted by Crippen LogP contribution is -2.05. The zero-order chi connectivity index (χ0) is 14.8. The average molecular weight is 383 g/mol. The van der Waals surface area contributed by atoms with Crippen LogP contribution in [-0.4, -0.2) is 11.9 Å². The molecule has 0 N–H and O–H groups in total. The highest BCUT2D eigenvalue weighted by molar-refractivity contribution is 9.09. The molecule has 1 nitrogen and oxygen atoms in total. The number of thioether (sulfide) groups is 1. The maximum absolute atomic E-state index is 5.71. The second kappa shape index (κ2) is 6.76. The maximum atomic E-state index is 5.71. The van der Waals surface area contributed by atoms with Crippen LogP contribution in [0.3, 0.4) is 0 Å². The summed E-state index contributed by atoms with van der Waals surface area (Å²) in [5.74, 6) is 3.38. The van der Waals surface area contributed by atoms with Crippen LogP contribution in [0, 0.1) is 0 Å². The van der Waals surface area contributed by atoms with E-state index in [1.807, 2.05) is 23.1 Å². The van der Waals surface area contributed by atoms with Crippen molar-refractivity contribution in [3.63, 3.8) is 0 Å². The quantitative estimate of drug-likeness (QED) is 0.617. The fraction of sp³-hybridized carbons (Fsp3) is 0.412. The van der Waals surface area contributed by atoms with Gasteiger partial charge in [0, 0.05) is 15.5 Å². The van der Waals surface area contributed by atoms with Gasteiger partial charge >= 0.3 is 0 Å². The fourth-order valence-corrected chi connectivity index (χ4v) is 5.55. The molecule has 21 heavy (non-hydrogen) atoms. The van der Waals surface area contributed by atoms with E-state index in [9.17, 15) is 0 Å². The summed E-state index contributed by atoms with van der Waals surface area (Å²) in [5.41, 5.74) is 2.83.